The highest BCUT2D eigenvalue weighted by Gasteiger charge is 2.46. The SMILES string of the molecule is CCOC(=O)C(C)(NC(=O)c1cc(OC(C)C(F)(F)F)c(C2(F)COC2)cn1)c1noc(C)n1. The standard InChI is InChI=1S/C20H22F4N4O6/c1-5-32-17(30)18(4,16-26-11(3)34-28-16)27-15(29)13-6-14(33-10(2)20(22,23)24)12(7-25-13)19(21)8-31-9-19/h6-7,10H,5,8-9H2,1-4H3,(H,27,29). The summed E-state index contributed by atoms with van der Waals surface area (Å²) >= 11 is 0. The molecule has 2 atom stereocenters. The highest BCUT2D eigenvalue weighted by atomic mass is 19.4. The van der Waals surface area contributed by atoms with Crippen molar-refractivity contribution in [3.63, 3.8) is 0 Å². The van der Waals surface area contributed by atoms with Crippen LogP contribution in [0.4, 0.5) is 17.6 Å². The van der Waals surface area contributed by atoms with Gasteiger partial charge in [-0.25, -0.2) is 9.18 Å². The van der Waals surface area contributed by atoms with Gasteiger partial charge in [0.15, 0.2) is 17.3 Å². The second kappa shape index (κ2) is 9.16. The minimum atomic E-state index is -4.75. The number of rotatable bonds is 8. The van der Waals surface area contributed by atoms with Gasteiger partial charge in [-0.05, 0) is 20.8 Å². The molecule has 34 heavy (non-hydrogen) atoms. The molecule has 1 aliphatic rings. The first-order valence-corrected chi connectivity index (χ1v) is 10.1. The number of alkyl halides is 4. The second-order valence-electron chi connectivity index (χ2n) is 7.76. The summed E-state index contributed by atoms with van der Waals surface area (Å²) in [5.74, 6) is -2.58. The van der Waals surface area contributed by atoms with Crippen molar-refractivity contribution in [3.05, 3.63) is 35.2 Å². The molecule has 186 valence electrons. The molecule has 1 saturated heterocycles. The fraction of sp³-hybridized carbons (Fsp3) is 0.550. The van der Waals surface area contributed by atoms with Crippen LogP contribution in [-0.2, 0) is 25.5 Å². The number of aryl methyl sites for hydroxylation is 1. The van der Waals surface area contributed by atoms with Gasteiger partial charge in [-0.15, -0.1) is 0 Å². The molecule has 0 radical (unpaired) electrons. The topological polar surface area (TPSA) is 126 Å². The predicted molar refractivity (Wildman–Crippen MR) is 104 cm³/mol. The van der Waals surface area contributed by atoms with E-state index in [-0.39, 0.29) is 23.9 Å². The summed E-state index contributed by atoms with van der Waals surface area (Å²) in [6, 6.07) is 0.861. The number of hydrogen-bond donors (Lipinski definition) is 1. The van der Waals surface area contributed by atoms with E-state index in [0.29, 0.717) is 0 Å². The van der Waals surface area contributed by atoms with Gasteiger partial charge in [-0.2, -0.15) is 18.2 Å². The minimum Gasteiger partial charge on any atom is -0.481 e. The molecule has 10 nitrogen and oxygen atoms in total. The molecule has 2 aromatic rings. The van der Waals surface area contributed by atoms with Crippen molar-refractivity contribution in [2.75, 3.05) is 19.8 Å². The number of ether oxygens (including phenoxy) is 3. The first-order valence-electron chi connectivity index (χ1n) is 10.1. The van der Waals surface area contributed by atoms with Gasteiger partial charge in [-0.3, -0.25) is 9.78 Å². The molecule has 3 heterocycles. The van der Waals surface area contributed by atoms with Crippen LogP contribution < -0.4 is 10.1 Å². The van der Waals surface area contributed by atoms with Crippen molar-refractivity contribution in [2.45, 2.75) is 51.2 Å². The molecule has 0 spiro atoms. The van der Waals surface area contributed by atoms with Crippen LogP contribution in [0.25, 0.3) is 0 Å². The van der Waals surface area contributed by atoms with Crippen molar-refractivity contribution < 1.29 is 45.9 Å². The highest BCUT2D eigenvalue weighted by Crippen LogP contribution is 2.40. The Morgan fingerprint density at radius 2 is 2.00 bits per heavy atom. The van der Waals surface area contributed by atoms with Gasteiger partial charge < -0.3 is 24.1 Å². The van der Waals surface area contributed by atoms with Crippen LogP contribution in [0.5, 0.6) is 5.75 Å². The summed E-state index contributed by atoms with van der Waals surface area (Å²) in [6.07, 6.45) is -6.15. The maximum absolute atomic E-state index is 14.9. The van der Waals surface area contributed by atoms with Gasteiger partial charge in [0.1, 0.15) is 11.4 Å². The summed E-state index contributed by atoms with van der Waals surface area (Å²) in [7, 11) is 0. The van der Waals surface area contributed by atoms with E-state index >= 15 is 0 Å². The van der Waals surface area contributed by atoms with Gasteiger partial charge in [0.05, 0.1) is 25.4 Å². The Labute approximate surface area is 191 Å². The summed E-state index contributed by atoms with van der Waals surface area (Å²) in [6.45, 7) is 4.17. The largest absolute Gasteiger partial charge is 0.481 e. The van der Waals surface area contributed by atoms with E-state index in [4.69, 9.17) is 18.7 Å². The lowest BCUT2D eigenvalue weighted by Crippen LogP contribution is -2.51. The fourth-order valence-electron chi connectivity index (χ4n) is 2.96. The zero-order chi connectivity index (χ0) is 25.3. The van der Waals surface area contributed by atoms with E-state index < -0.39 is 60.0 Å². The molecule has 1 amide bonds. The Kier molecular flexibility index (Phi) is 6.82. The summed E-state index contributed by atoms with van der Waals surface area (Å²) < 4.78 is 73.8. The second-order valence-corrected chi connectivity index (χ2v) is 7.76. The van der Waals surface area contributed by atoms with Gasteiger partial charge in [0, 0.05) is 19.2 Å². The molecular formula is C20H22F4N4O6. The third-order valence-corrected chi connectivity index (χ3v) is 5.03. The molecule has 0 aliphatic carbocycles. The van der Waals surface area contributed by atoms with Gasteiger partial charge in [-0.1, -0.05) is 5.16 Å². The molecule has 2 aromatic heterocycles. The highest BCUT2D eigenvalue weighted by molar-refractivity contribution is 5.97. The lowest BCUT2D eigenvalue weighted by atomic mass is 9.94. The monoisotopic (exact) mass is 490 g/mol. The summed E-state index contributed by atoms with van der Waals surface area (Å²) in [4.78, 5) is 33.4. The van der Waals surface area contributed by atoms with E-state index in [9.17, 15) is 27.2 Å². The Morgan fingerprint density at radius 3 is 2.50 bits per heavy atom. The van der Waals surface area contributed by atoms with E-state index in [0.717, 1.165) is 19.2 Å². The summed E-state index contributed by atoms with van der Waals surface area (Å²) in [5.41, 5.74) is -4.79. The predicted octanol–water partition coefficient (Wildman–Crippen LogP) is 2.51. The first-order chi connectivity index (χ1) is 15.8. The Hall–Kier alpha value is -3.29. The van der Waals surface area contributed by atoms with Crippen LogP contribution in [-0.4, -0.2) is 59.1 Å². The maximum Gasteiger partial charge on any atom is 0.425 e. The normalized spacial score (nSPS) is 17.8. The third kappa shape index (κ3) is 4.95. The molecule has 1 aliphatic heterocycles. The number of halogens is 4. The van der Waals surface area contributed by atoms with Crippen LogP contribution in [0.1, 0.15) is 48.5 Å². The van der Waals surface area contributed by atoms with Crippen LogP contribution >= 0.6 is 0 Å². The smallest absolute Gasteiger partial charge is 0.425 e. The van der Waals surface area contributed by atoms with Crippen molar-refractivity contribution in [2.24, 2.45) is 0 Å². The maximum atomic E-state index is 14.9. The Bertz CT molecular complexity index is 1070. The van der Waals surface area contributed by atoms with Gasteiger partial charge in [0.2, 0.25) is 11.7 Å². The first kappa shape index (κ1) is 25.3. The number of pyridine rings is 1. The van der Waals surface area contributed by atoms with Crippen LogP contribution in [0.2, 0.25) is 0 Å². The Balaban J connectivity index is 1.96. The number of amides is 1. The van der Waals surface area contributed by atoms with Crippen molar-refractivity contribution in [1.82, 2.24) is 20.4 Å². The Morgan fingerprint density at radius 1 is 1.32 bits per heavy atom. The molecule has 0 saturated carbocycles. The lowest BCUT2D eigenvalue weighted by Gasteiger charge is -2.35. The molecule has 2 unspecified atom stereocenters. The zero-order valence-electron chi connectivity index (χ0n) is 18.7. The number of nitrogens with one attached hydrogen (secondary N) is 1. The minimum absolute atomic E-state index is 0.0257. The zero-order valence-corrected chi connectivity index (χ0v) is 18.7. The number of nitrogens with zero attached hydrogens (tertiary/aromatic N) is 3. The summed E-state index contributed by atoms with van der Waals surface area (Å²) in [5, 5.41) is 6.02. The molecule has 0 bridgehead atoms. The lowest BCUT2D eigenvalue weighted by molar-refractivity contribution is -0.190. The van der Waals surface area contributed by atoms with Crippen LogP contribution in [0.3, 0.4) is 0 Å². The quantitative estimate of drug-likeness (QED) is 0.439. The molecule has 3 rings (SSSR count). The van der Waals surface area contributed by atoms with E-state index in [1.54, 1.807) is 6.92 Å². The van der Waals surface area contributed by atoms with Crippen molar-refractivity contribution >= 4 is 11.9 Å². The average molecular weight is 490 g/mol. The number of esters is 1. The van der Waals surface area contributed by atoms with E-state index in [1.165, 1.54) is 13.8 Å². The number of hydrogen-bond acceptors (Lipinski definition) is 9. The van der Waals surface area contributed by atoms with E-state index in [1.807, 2.05) is 0 Å². The molecule has 0 aromatic carbocycles. The fourth-order valence-corrected chi connectivity index (χ4v) is 2.96. The molecule has 1 fully saturated rings. The molecule has 14 heteroatoms. The van der Waals surface area contributed by atoms with Crippen molar-refractivity contribution in [3.8, 4) is 5.75 Å². The van der Waals surface area contributed by atoms with E-state index in [2.05, 4.69) is 20.4 Å². The number of carbonyl (C=O) groups is 2. The van der Waals surface area contributed by atoms with Gasteiger partial charge >= 0.3 is 12.1 Å². The average Bonchev–Trinajstić information content (AvgIpc) is 3.18. The molecule has 1 N–H and O–H groups in total. The van der Waals surface area contributed by atoms with Crippen molar-refractivity contribution in [1.29, 1.82) is 0 Å². The van der Waals surface area contributed by atoms with Gasteiger partial charge in [0.25, 0.3) is 5.91 Å². The van der Waals surface area contributed by atoms with Crippen LogP contribution in [0.15, 0.2) is 16.8 Å². The van der Waals surface area contributed by atoms with Crippen LogP contribution in [0, 0.1) is 6.92 Å². The third-order valence-electron chi connectivity index (χ3n) is 5.03. The number of aromatic nitrogens is 3. The molecular weight excluding hydrogens is 468 g/mol. The number of carbonyl (C=O) groups excluding carboxylic acids is 2.